The summed E-state index contributed by atoms with van der Waals surface area (Å²) in [5.41, 5.74) is 1.37. The van der Waals surface area contributed by atoms with Crippen LogP contribution >= 0.6 is 0 Å². The van der Waals surface area contributed by atoms with Gasteiger partial charge in [-0.2, -0.15) is 0 Å². The Morgan fingerprint density at radius 1 is 1.38 bits per heavy atom. The Hall–Kier alpha value is -0.870. The van der Waals surface area contributed by atoms with Crippen molar-refractivity contribution in [1.82, 2.24) is 19.8 Å². The molecule has 4 heteroatoms. The van der Waals surface area contributed by atoms with Gasteiger partial charge in [0.05, 0.1) is 12.0 Å². The van der Waals surface area contributed by atoms with Crippen molar-refractivity contribution in [1.29, 1.82) is 0 Å². The first kappa shape index (κ1) is 16.5. The molecule has 1 N–H and O–H groups in total. The zero-order chi connectivity index (χ0) is 15.4. The van der Waals surface area contributed by atoms with Crippen LogP contribution in [-0.2, 0) is 0 Å². The predicted octanol–water partition coefficient (Wildman–Crippen LogP) is 3.24. The normalized spacial score (nSPS) is 24.7. The molecular formula is C17H32N4. The minimum atomic E-state index is 0.466. The average molecular weight is 292 g/mol. The molecule has 1 aliphatic rings. The van der Waals surface area contributed by atoms with Gasteiger partial charge in [0.15, 0.2) is 0 Å². The van der Waals surface area contributed by atoms with Crippen LogP contribution in [0.15, 0.2) is 12.5 Å². The van der Waals surface area contributed by atoms with E-state index in [9.17, 15) is 0 Å². The summed E-state index contributed by atoms with van der Waals surface area (Å²) in [6, 6.07) is 1.59. The number of imidazole rings is 1. The summed E-state index contributed by atoms with van der Waals surface area (Å²) in [6.45, 7) is 7.97. The number of rotatable bonds is 6. The summed E-state index contributed by atoms with van der Waals surface area (Å²) in [5.74, 6) is 0.698. The Morgan fingerprint density at radius 3 is 2.76 bits per heavy atom. The van der Waals surface area contributed by atoms with Crippen molar-refractivity contribution in [3.8, 4) is 0 Å². The Labute approximate surface area is 129 Å². The minimum absolute atomic E-state index is 0.466. The summed E-state index contributed by atoms with van der Waals surface area (Å²) < 4.78 is 2.43. The molecule has 4 nitrogen and oxygen atoms in total. The van der Waals surface area contributed by atoms with Crippen molar-refractivity contribution < 1.29 is 0 Å². The summed E-state index contributed by atoms with van der Waals surface area (Å²) >= 11 is 0. The highest BCUT2D eigenvalue weighted by atomic mass is 15.2. The van der Waals surface area contributed by atoms with E-state index in [1.165, 1.54) is 31.4 Å². The van der Waals surface area contributed by atoms with Crippen molar-refractivity contribution in [2.45, 2.75) is 64.6 Å². The van der Waals surface area contributed by atoms with Crippen LogP contribution in [0.3, 0.4) is 0 Å². The maximum Gasteiger partial charge on any atom is 0.0951 e. The molecule has 0 spiro atoms. The van der Waals surface area contributed by atoms with E-state index in [0.717, 1.165) is 6.54 Å². The molecule has 1 fully saturated rings. The van der Waals surface area contributed by atoms with Crippen LogP contribution < -0.4 is 5.32 Å². The third kappa shape index (κ3) is 4.55. The lowest BCUT2D eigenvalue weighted by Crippen LogP contribution is -2.36. The van der Waals surface area contributed by atoms with E-state index in [1.54, 1.807) is 0 Å². The zero-order valence-electron chi connectivity index (χ0n) is 14.3. The van der Waals surface area contributed by atoms with Crippen LogP contribution in [0.2, 0.25) is 0 Å². The summed E-state index contributed by atoms with van der Waals surface area (Å²) in [4.78, 5) is 6.75. The van der Waals surface area contributed by atoms with Gasteiger partial charge in [0, 0.05) is 30.9 Å². The van der Waals surface area contributed by atoms with Crippen molar-refractivity contribution in [3.63, 3.8) is 0 Å². The number of likely N-dealkylation sites (N-methyl/N-ethyl adjacent to an activating group) is 1. The van der Waals surface area contributed by atoms with Crippen molar-refractivity contribution in [2.75, 3.05) is 20.6 Å². The summed E-state index contributed by atoms with van der Waals surface area (Å²) in [5, 5.41) is 3.75. The van der Waals surface area contributed by atoms with Gasteiger partial charge >= 0.3 is 0 Å². The molecule has 0 amide bonds. The van der Waals surface area contributed by atoms with Crippen LogP contribution in [0.1, 0.15) is 64.2 Å². The van der Waals surface area contributed by atoms with Gasteiger partial charge in [-0.1, -0.05) is 13.8 Å². The van der Waals surface area contributed by atoms with Crippen molar-refractivity contribution in [2.24, 2.45) is 5.92 Å². The molecular weight excluding hydrogens is 260 g/mol. The van der Waals surface area contributed by atoms with Gasteiger partial charge in [0.25, 0.3) is 0 Å². The molecule has 1 saturated heterocycles. The second kappa shape index (κ2) is 7.41. The number of nitrogens with zero attached hydrogens (tertiary/aromatic N) is 3. The summed E-state index contributed by atoms with van der Waals surface area (Å²) in [7, 11) is 4.32. The van der Waals surface area contributed by atoms with Crippen LogP contribution in [0.5, 0.6) is 0 Å². The Morgan fingerprint density at radius 2 is 2.14 bits per heavy atom. The molecule has 0 aliphatic carbocycles. The fourth-order valence-corrected chi connectivity index (χ4v) is 3.50. The quantitative estimate of drug-likeness (QED) is 0.874. The first-order chi connectivity index (χ1) is 9.97. The van der Waals surface area contributed by atoms with E-state index in [1.807, 2.05) is 6.33 Å². The fraction of sp³-hybridized carbons (Fsp3) is 0.824. The van der Waals surface area contributed by atoms with Crippen LogP contribution in [0.25, 0.3) is 0 Å². The molecule has 120 valence electrons. The van der Waals surface area contributed by atoms with Crippen LogP contribution in [0.4, 0.5) is 0 Å². The zero-order valence-corrected chi connectivity index (χ0v) is 14.3. The molecule has 1 aromatic heterocycles. The van der Waals surface area contributed by atoms with E-state index in [0.29, 0.717) is 24.0 Å². The van der Waals surface area contributed by atoms with Gasteiger partial charge in [-0.15, -0.1) is 0 Å². The minimum Gasteiger partial charge on any atom is -0.329 e. The molecule has 1 aliphatic heterocycles. The number of aromatic nitrogens is 2. The third-order valence-electron chi connectivity index (χ3n) is 4.38. The lowest BCUT2D eigenvalue weighted by molar-refractivity contribution is 0.269. The Balaban J connectivity index is 2.18. The topological polar surface area (TPSA) is 33.1 Å². The molecule has 3 unspecified atom stereocenters. The van der Waals surface area contributed by atoms with E-state index >= 15 is 0 Å². The van der Waals surface area contributed by atoms with E-state index in [4.69, 9.17) is 0 Å². The number of nitrogens with one attached hydrogen (secondary N) is 1. The highest BCUT2D eigenvalue weighted by Gasteiger charge is 2.25. The molecule has 2 heterocycles. The monoisotopic (exact) mass is 292 g/mol. The molecule has 1 aromatic rings. The number of piperidine rings is 1. The Bertz CT molecular complexity index is 414. The lowest BCUT2D eigenvalue weighted by Gasteiger charge is -2.32. The van der Waals surface area contributed by atoms with Gasteiger partial charge in [0.2, 0.25) is 0 Å². The predicted molar refractivity (Wildman–Crippen MR) is 88.5 cm³/mol. The van der Waals surface area contributed by atoms with Gasteiger partial charge in [0.1, 0.15) is 0 Å². The third-order valence-corrected chi connectivity index (χ3v) is 4.38. The van der Waals surface area contributed by atoms with E-state index in [2.05, 4.69) is 60.8 Å². The molecule has 0 bridgehead atoms. The molecule has 0 radical (unpaired) electrons. The molecule has 2 rings (SSSR count). The fourth-order valence-electron chi connectivity index (χ4n) is 3.50. The van der Waals surface area contributed by atoms with E-state index in [-0.39, 0.29) is 0 Å². The lowest BCUT2D eigenvalue weighted by atomic mass is 9.96. The standard InChI is InChI=1S/C17H32N4/c1-13(2)9-15(11-20(4)5)21-12-18-10-17(21)16-8-6-7-14(3)19-16/h10,12-16,19H,6-9,11H2,1-5H3. The van der Waals surface area contributed by atoms with Gasteiger partial charge < -0.3 is 14.8 Å². The second-order valence-corrected chi connectivity index (χ2v) is 7.32. The molecule has 0 saturated carbocycles. The molecule has 21 heavy (non-hydrogen) atoms. The maximum absolute atomic E-state index is 4.46. The SMILES string of the molecule is CC(C)CC(CN(C)C)n1cncc1C1CCCC(C)N1. The smallest absolute Gasteiger partial charge is 0.0951 e. The summed E-state index contributed by atoms with van der Waals surface area (Å²) in [6.07, 6.45) is 9.13. The molecule has 0 aromatic carbocycles. The van der Waals surface area contributed by atoms with Crippen molar-refractivity contribution >= 4 is 0 Å². The van der Waals surface area contributed by atoms with E-state index < -0.39 is 0 Å². The first-order valence-electron chi connectivity index (χ1n) is 8.40. The van der Waals surface area contributed by atoms with Crippen LogP contribution in [-0.4, -0.2) is 41.1 Å². The Kier molecular flexibility index (Phi) is 5.82. The van der Waals surface area contributed by atoms with Gasteiger partial charge in [-0.05, 0) is 52.6 Å². The second-order valence-electron chi connectivity index (χ2n) is 7.32. The highest BCUT2D eigenvalue weighted by molar-refractivity contribution is 5.09. The largest absolute Gasteiger partial charge is 0.329 e. The number of hydrogen-bond acceptors (Lipinski definition) is 3. The number of hydrogen-bond donors (Lipinski definition) is 1. The highest BCUT2D eigenvalue weighted by Crippen LogP contribution is 2.29. The van der Waals surface area contributed by atoms with Gasteiger partial charge in [-0.3, -0.25) is 0 Å². The van der Waals surface area contributed by atoms with Gasteiger partial charge in [-0.25, -0.2) is 4.98 Å². The average Bonchev–Trinajstić information content (AvgIpc) is 2.85. The maximum atomic E-state index is 4.46. The first-order valence-corrected chi connectivity index (χ1v) is 8.40. The molecule has 3 atom stereocenters. The van der Waals surface area contributed by atoms with Crippen LogP contribution in [0, 0.1) is 5.92 Å². The van der Waals surface area contributed by atoms with Crippen molar-refractivity contribution in [3.05, 3.63) is 18.2 Å².